The van der Waals surface area contributed by atoms with Crippen molar-refractivity contribution in [2.45, 2.75) is 25.7 Å². The summed E-state index contributed by atoms with van der Waals surface area (Å²) in [5.74, 6) is 0.694. The van der Waals surface area contributed by atoms with Gasteiger partial charge in [-0.3, -0.25) is 14.2 Å². The fraction of sp³-hybridized carbons (Fsp3) is 0.375. The molecule has 0 bridgehead atoms. The Balaban J connectivity index is 1.44. The van der Waals surface area contributed by atoms with Gasteiger partial charge in [-0.1, -0.05) is 35.9 Å². The number of hydrogen-bond acceptors (Lipinski definition) is 5. The summed E-state index contributed by atoms with van der Waals surface area (Å²) in [6.45, 7) is 1.65. The van der Waals surface area contributed by atoms with Crippen molar-refractivity contribution in [1.29, 1.82) is 0 Å². The molecule has 3 heterocycles. The van der Waals surface area contributed by atoms with Crippen LogP contribution in [0.25, 0.3) is 11.1 Å². The second-order valence-corrected chi connectivity index (χ2v) is 9.44. The van der Waals surface area contributed by atoms with Crippen molar-refractivity contribution < 1.29 is 0 Å². The van der Waals surface area contributed by atoms with Crippen molar-refractivity contribution in [2.24, 2.45) is 19.5 Å². The molecule has 1 aromatic carbocycles. The first-order valence-electron chi connectivity index (χ1n) is 10.8. The van der Waals surface area contributed by atoms with Crippen LogP contribution in [0.1, 0.15) is 24.0 Å². The summed E-state index contributed by atoms with van der Waals surface area (Å²) in [6.07, 6.45) is 4.34. The van der Waals surface area contributed by atoms with Crippen molar-refractivity contribution in [3.8, 4) is 11.1 Å². The maximum Gasteiger partial charge on any atom is 0.264 e. The zero-order valence-corrected chi connectivity index (χ0v) is 19.0. The molecule has 8 heteroatoms. The maximum atomic E-state index is 13.3. The van der Waals surface area contributed by atoms with E-state index in [2.05, 4.69) is 34.1 Å². The molecule has 0 amide bonds. The highest BCUT2D eigenvalue weighted by molar-refractivity contribution is 6.32. The number of aromatic nitrogens is 3. The Kier molecular flexibility index (Phi) is 4.89. The van der Waals surface area contributed by atoms with E-state index in [-0.39, 0.29) is 27.7 Å². The third kappa shape index (κ3) is 3.23. The van der Waals surface area contributed by atoms with Gasteiger partial charge in [-0.25, -0.2) is 0 Å². The van der Waals surface area contributed by atoms with Gasteiger partial charge in [0, 0.05) is 38.8 Å². The molecule has 1 fully saturated rings. The highest BCUT2D eigenvalue weighted by Gasteiger charge is 2.40. The van der Waals surface area contributed by atoms with Gasteiger partial charge in [0.15, 0.2) is 0 Å². The van der Waals surface area contributed by atoms with E-state index in [1.807, 2.05) is 0 Å². The predicted molar refractivity (Wildman–Crippen MR) is 127 cm³/mol. The van der Waals surface area contributed by atoms with Gasteiger partial charge in [-0.2, -0.15) is 4.98 Å². The molecule has 1 aliphatic carbocycles. The van der Waals surface area contributed by atoms with Gasteiger partial charge in [0.05, 0.1) is 5.56 Å². The minimum absolute atomic E-state index is 0.122. The predicted octanol–water partition coefficient (Wildman–Crippen LogP) is 2.77. The number of piperidine rings is 1. The van der Waals surface area contributed by atoms with E-state index in [1.54, 1.807) is 14.1 Å². The zero-order chi connectivity index (χ0) is 22.6. The first-order valence-corrected chi connectivity index (χ1v) is 11.2. The van der Waals surface area contributed by atoms with Crippen LogP contribution in [0.4, 0.5) is 11.8 Å². The molecule has 7 nitrogen and oxygen atoms in total. The molecule has 3 aromatic rings. The van der Waals surface area contributed by atoms with Gasteiger partial charge in [0.25, 0.3) is 11.1 Å². The number of nitrogen functional groups attached to an aromatic ring is 1. The number of rotatable bonds is 2. The van der Waals surface area contributed by atoms with Crippen molar-refractivity contribution in [1.82, 2.24) is 14.1 Å². The molecular weight excluding hydrogens is 426 g/mol. The molecule has 0 saturated carbocycles. The Hall–Kier alpha value is -3.06. The standard InChI is InChI=1S/C24H26ClN5O2/c1-28-18(31)8-7-17(20(28)25)19-21(26)27-23(29(2)22(19)32)30-11-9-24(10-12-30)13-15-5-3-4-6-16(15)14-24/h3-8H,9-14,26H2,1-2H3. The number of halogens is 1. The Bertz CT molecular complexity index is 1310. The van der Waals surface area contributed by atoms with Crippen LogP contribution in [0.3, 0.4) is 0 Å². The van der Waals surface area contributed by atoms with Crippen molar-refractivity contribution >= 4 is 23.4 Å². The highest BCUT2D eigenvalue weighted by Crippen LogP contribution is 2.45. The van der Waals surface area contributed by atoms with Gasteiger partial charge in [-0.05, 0) is 48.3 Å². The third-order valence-corrected chi connectivity index (χ3v) is 7.62. The first-order chi connectivity index (χ1) is 15.3. The van der Waals surface area contributed by atoms with Gasteiger partial charge in [-0.15, -0.1) is 0 Å². The van der Waals surface area contributed by atoms with Crippen molar-refractivity contribution in [2.75, 3.05) is 23.7 Å². The lowest BCUT2D eigenvalue weighted by atomic mass is 9.76. The Morgan fingerprint density at radius 2 is 1.59 bits per heavy atom. The second kappa shape index (κ2) is 7.52. The number of nitrogens with two attached hydrogens (primary N) is 1. The van der Waals surface area contributed by atoms with E-state index in [9.17, 15) is 9.59 Å². The minimum atomic E-state index is -0.276. The molecule has 5 rings (SSSR count). The highest BCUT2D eigenvalue weighted by atomic mass is 35.5. The number of benzene rings is 1. The molecule has 1 spiro atoms. The smallest absolute Gasteiger partial charge is 0.264 e. The number of nitrogens with zero attached hydrogens (tertiary/aromatic N) is 4. The van der Waals surface area contributed by atoms with Crippen molar-refractivity contribution in [3.63, 3.8) is 0 Å². The van der Waals surface area contributed by atoms with E-state index in [0.717, 1.165) is 38.8 Å². The summed E-state index contributed by atoms with van der Waals surface area (Å²) in [7, 11) is 3.26. The number of pyridine rings is 1. The van der Waals surface area contributed by atoms with Crippen molar-refractivity contribution in [3.05, 3.63) is 73.4 Å². The molecule has 2 N–H and O–H groups in total. The van der Waals surface area contributed by atoms with Crippen LogP contribution >= 0.6 is 11.6 Å². The van der Waals surface area contributed by atoms with Gasteiger partial charge >= 0.3 is 0 Å². The summed E-state index contributed by atoms with van der Waals surface area (Å²) in [5, 5.41) is 0.163. The molecule has 1 saturated heterocycles. The van der Waals surface area contributed by atoms with E-state index in [0.29, 0.717) is 16.9 Å². The van der Waals surface area contributed by atoms with Crippen LogP contribution in [0.5, 0.6) is 0 Å². The summed E-state index contributed by atoms with van der Waals surface area (Å²) in [5.41, 5.74) is 9.59. The van der Waals surface area contributed by atoms with Gasteiger partial charge in [0.1, 0.15) is 11.0 Å². The summed E-state index contributed by atoms with van der Waals surface area (Å²) >= 11 is 6.35. The monoisotopic (exact) mass is 451 g/mol. The summed E-state index contributed by atoms with van der Waals surface area (Å²) in [6, 6.07) is 11.6. The lowest BCUT2D eigenvalue weighted by molar-refractivity contribution is 0.231. The molecule has 0 radical (unpaired) electrons. The van der Waals surface area contributed by atoms with Gasteiger partial charge < -0.3 is 15.2 Å². The molecular formula is C24H26ClN5O2. The van der Waals surface area contributed by atoms with E-state index in [4.69, 9.17) is 17.3 Å². The number of hydrogen-bond donors (Lipinski definition) is 1. The fourth-order valence-electron chi connectivity index (χ4n) is 5.25. The zero-order valence-electron chi connectivity index (χ0n) is 18.3. The van der Waals surface area contributed by atoms with Gasteiger partial charge in [0.2, 0.25) is 5.95 Å². The molecule has 32 heavy (non-hydrogen) atoms. The molecule has 2 aliphatic rings. The van der Waals surface area contributed by atoms with E-state index >= 15 is 0 Å². The molecule has 0 atom stereocenters. The fourth-order valence-corrected chi connectivity index (χ4v) is 5.49. The maximum absolute atomic E-state index is 13.3. The van der Waals surface area contributed by atoms with E-state index in [1.165, 1.54) is 32.4 Å². The summed E-state index contributed by atoms with van der Waals surface area (Å²) in [4.78, 5) is 31.9. The van der Waals surface area contributed by atoms with E-state index < -0.39 is 0 Å². The van der Waals surface area contributed by atoms with Crippen LogP contribution in [0, 0.1) is 5.41 Å². The lowest BCUT2D eigenvalue weighted by Gasteiger charge is -2.40. The average molecular weight is 452 g/mol. The second-order valence-electron chi connectivity index (χ2n) is 9.08. The van der Waals surface area contributed by atoms with Crippen LogP contribution in [-0.4, -0.2) is 27.2 Å². The number of anilines is 2. The van der Waals surface area contributed by atoms with Crippen LogP contribution in [-0.2, 0) is 26.9 Å². The van der Waals surface area contributed by atoms with Crippen LogP contribution in [0.2, 0.25) is 5.15 Å². The molecule has 1 aliphatic heterocycles. The molecule has 166 valence electrons. The largest absolute Gasteiger partial charge is 0.383 e. The average Bonchev–Trinajstić information content (AvgIpc) is 3.14. The molecule has 0 unspecified atom stereocenters. The van der Waals surface area contributed by atoms with Crippen LogP contribution < -0.4 is 21.8 Å². The summed E-state index contributed by atoms with van der Waals surface area (Å²) < 4.78 is 2.82. The lowest BCUT2D eigenvalue weighted by Crippen LogP contribution is -2.43. The quantitative estimate of drug-likeness (QED) is 0.605. The van der Waals surface area contributed by atoms with Crippen LogP contribution in [0.15, 0.2) is 46.0 Å². The Labute approximate surface area is 191 Å². The third-order valence-electron chi connectivity index (χ3n) is 7.16. The SMILES string of the molecule is Cn1c(Cl)c(-c2c(N)nc(N3CCC4(CC3)Cc3ccccc3C4)n(C)c2=O)ccc1=O. The molecule has 2 aromatic heterocycles. The topological polar surface area (TPSA) is 86.2 Å². The first kappa shape index (κ1) is 20.8. The number of fused-ring (bicyclic) bond motifs is 1. The minimum Gasteiger partial charge on any atom is -0.383 e. The Morgan fingerprint density at radius 3 is 2.22 bits per heavy atom. The normalized spacial score (nSPS) is 17.0. The Morgan fingerprint density at radius 1 is 0.969 bits per heavy atom.